The van der Waals surface area contributed by atoms with Crippen molar-refractivity contribution in [2.45, 2.75) is 25.7 Å². The average Bonchev–Trinajstić information content (AvgIpc) is 3.13. The molecule has 0 saturated carbocycles. The zero-order chi connectivity index (χ0) is 23.6. The largest absolute Gasteiger partial charge is 0.495 e. The molecule has 4 aromatic rings. The predicted molar refractivity (Wildman–Crippen MR) is 129 cm³/mol. The van der Waals surface area contributed by atoms with Crippen LogP contribution in [0.5, 0.6) is 5.75 Å². The van der Waals surface area contributed by atoms with Crippen LogP contribution >= 0.6 is 0 Å². The summed E-state index contributed by atoms with van der Waals surface area (Å²) >= 11 is 0. The summed E-state index contributed by atoms with van der Waals surface area (Å²) < 4.78 is 30.8. The number of aromatic amines is 1. The Balaban J connectivity index is 1.59. The molecule has 0 aliphatic carbocycles. The van der Waals surface area contributed by atoms with Crippen LogP contribution in [-0.4, -0.2) is 41.4 Å². The van der Waals surface area contributed by atoms with Gasteiger partial charge in [-0.1, -0.05) is 13.8 Å². The first-order chi connectivity index (χ1) is 15.7. The highest BCUT2D eigenvalue weighted by Crippen LogP contribution is 2.31. The summed E-state index contributed by atoms with van der Waals surface area (Å²) in [5, 5.41) is 14.6. The molecule has 172 valence electrons. The Morgan fingerprint density at radius 1 is 1.09 bits per heavy atom. The van der Waals surface area contributed by atoms with Crippen LogP contribution in [0.4, 0.5) is 23.1 Å². The third kappa shape index (κ3) is 5.06. The molecule has 0 aliphatic heterocycles. The van der Waals surface area contributed by atoms with Gasteiger partial charge in [-0.3, -0.25) is 5.10 Å². The van der Waals surface area contributed by atoms with Crippen molar-refractivity contribution in [1.29, 1.82) is 0 Å². The molecule has 0 aliphatic rings. The van der Waals surface area contributed by atoms with Crippen LogP contribution in [0.3, 0.4) is 0 Å². The van der Waals surface area contributed by atoms with Gasteiger partial charge in [0.2, 0.25) is 5.95 Å². The summed E-state index contributed by atoms with van der Waals surface area (Å²) in [6.07, 6.45) is 1.61. The molecule has 0 radical (unpaired) electrons. The third-order valence-electron chi connectivity index (χ3n) is 5.01. The van der Waals surface area contributed by atoms with Crippen molar-refractivity contribution in [3.8, 4) is 5.75 Å². The summed E-state index contributed by atoms with van der Waals surface area (Å²) in [5.41, 5.74) is 3.18. The second-order valence-electron chi connectivity index (χ2n) is 8.12. The maximum absolute atomic E-state index is 12.7. The van der Waals surface area contributed by atoms with E-state index in [2.05, 4.69) is 30.8 Å². The highest BCUT2D eigenvalue weighted by Gasteiger charge is 2.19. The zero-order valence-corrected chi connectivity index (χ0v) is 19.7. The van der Waals surface area contributed by atoms with Gasteiger partial charge in [0.25, 0.3) is 0 Å². The number of rotatable bonds is 8. The van der Waals surface area contributed by atoms with E-state index in [1.54, 1.807) is 30.5 Å². The standard InChI is InChI=1S/C23H26N6O3S/c1-14(2)13-33(30,31)17-6-8-21(32-4)20(12-17)26-23-24-10-9-22(27-23)25-16-5-7-18-15(3)28-29-19(18)11-16/h5-12,14H,13H2,1-4H3,(H,28,29)(H2,24,25,26,27). The maximum Gasteiger partial charge on any atom is 0.229 e. The molecule has 0 spiro atoms. The lowest BCUT2D eigenvalue weighted by Crippen LogP contribution is -2.12. The van der Waals surface area contributed by atoms with Gasteiger partial charge in [0.1, 0.15) is 11.6 Å². The lowest BCUT2D eigenvalue weighted by molar-refractivity contribution is 0.416. The summed E-state index contributed by atoms with van der Waals surface area (Å²) in [7, 11) is -1.90. The number of fused-ring (bicyclic) bond motifs is 1. The van der Waals surface area contributed by atoms with E-state index in [1.807, 2.05) is 39.0 Å². The third-order valence-corrected chi connectivity index (χ3v) is 7.09. The fourth-order valence-corrected chi connectivity index (χ4v) is 5.15. The van der Waals surface area contributed by atoms with Crippen molar-refractivity contribution in [2.75, 3.05) is 23.5 Å². The first-order valence-electron chi connectivity index (χ1n) is 10.5. The summed E-state index contributed by atoms with van der Waals surface area (Å²) in [6.45, 7) is 5.70. The SMILES string of the molecule is COc1ccc(S(=O)(=O)CC(C)C)cc1Nc1nccc(Nc2ccc3c(C)n[nH]c3c2)n1. The predicted octanol–water partition coefficient (Wildman–Crippen LogP) is 4.59. The van der Waals surface area contributed by atoms with E-state index >= 15 is 0 Å². The monoisotopic (exact) mass is 466 g/mol. The Kier molecular flexibility index (Phi) is 6.19. The van der Waals surface area contributed by atoms with Crippen molar-refractivity contribution in [3.05, 3.63) is 54.4 Å². The lowest BCUT2D eigenvalue weighted by Gasteiger charge is -2.14. The number of aromatic nitrogens is 4. The van der Waals surface area contributed by atoms with Gasteiger partial charge in [-0.2, -0.15) is 10.1 Å². The van der Waals surface area contributed by atoms with Gasteiger partial charge >= 0.3 is 0 Å². The first-order valence-corrected chi connectivity index (χ1v) is 12.1. The van der Waals surface area contributed by atoms with E-state index in [0.717, 1.165) is 22.3 Å². The van der Waals surface area contributed by atoms with Gasteiger partial charge < -0.3 is 15.4 Å². The van der Waals surface area contributed by atoms with Crippen molar-refractivity contribution >= 4 is 43.9 Å². The molecule has 0 atom stereocenters. The van der Waals surface area contributed by atoms with E-state index in [9.17, 15) is 8.42 Å². The molecule has 4 rings (SSSR count). The van der Waals surface area contributed by atoms with Crippen LogP contribution in [0.25, 0.3) is 10.9 Å². The van der Waals surface area contributed by atoms with Crippen molar-refractivity contribution < 1.29 is 13.2 Å². The molecule has 0 saturated heterocycles. The fourth-order valence-electron chi connectivity index (χ4n) is 3.50. The Hall–Kier alpha value is -3.66. The Morgan fingerprint density at radius 3 is 2.67 bits per heavy atom. The molecule has 0 bridgehead atoms. The molecule has 3 N–H and O–H groups in total. The van der Waals surface area contributed by atoms with Crippen LogP contribution in [0, 0.1) is 12.8 Å². The van der Waals surface area contributed by atoms with Crippen LogP contribution in [0.15, 0.2) is 53.6 Å². The van der Waals surface area contributed by atoms with Crippen LogP contribution in [-0.2, 0) is 9.84 Å². The van der Waals surface area contributed by atoms with Crippen LogP contribution in [0.1, 0.15) is 19.5 Å². The van der Waals surface area contributed by atoms with Gasteiger partial charge in [0.05, 0.1) is 34.7 Å². The number of anilines is 4. The van der Waals surface area contributed by atoms with Gasteiger partial charge in [-0.25, -0.2) is 13.4 Å². The maximum atomic E-state index is 12.7. The molecular formula is C23H26N6O3S. The lowest BCUT2D eigenvalue weighted by atomic mass is 10.2. The molecule has 0 amide bonds. The minimum Gasteiger partial charge on any atom is -0.495 e. The summed E-state index contributed by atoms with van der Waals surface area (Å²) in [4.78, 5) is 8.98. The number of nitrogens with zero attached hydrogens (tertiary/aromatic N) is 3. The zero-order valence-electron chi connectivity index (χ0n) is 18.9. The summed E-state index contributed by atoms with van der Waals surface area (Å²) in [6, 6.07) is 12.4. The highest BCUT2D eigenvalue weighted by molar-refractivity contribution is 7.91. The molecule has 33 heavy (non-hydrogen) atoms. The number of benzene rings is 2. The second kappa shape index (κ2) is 9.07. The Bertz CT molecular complexity index is 1400. The normalized spacial score (nSPS) is 11.7. The minimum absolute atomic E-state index is 0.0181. The van der Waals surface area contributed by atoms with E-state index < -0.39 is 9.84 Å². The molecule has 0 unspecified atom stereocenters. The van der Waals surface area contributed by atoms with Gasteiger partial charge in [0.15, 0.2) is 9.84 Å². The van der Waals surface area contributed by atoms with Gasteiger partial charge in [-0.15, -0.1) is 0 Å². The van der Waals surface area contributed by atoms with E-state index in [-0.39, 0.29) is 16.6 Å². The second-order valence-corrected chi connectivity index (χ2v) is 10.2. The first kappa shape index (κ1) is 22.5. The van der Waals surface area contributed by atoms with E-state index in [4.69, 9.17) is 4.74 Å². The average molecular weight is 467 g/mol. The fraction of sp³-hybridized carbons (Fsp3) is 0.261. The van der Waals surface area contributed by atoms with Crippen LogP contribution in [0.2, 0.25) is 0 Å². The molecule has 10 heteroatoms. The Labute approximate surface area is 192 Å². The number of hydrogen-bond acceptors (Lipinski definition) is 8. The molecule has 9 nitrogen and oxygen atoms in total. The molecule has 2 aromatic carbocycles. The van der Waals surface area contributed by atoms with Crippen molar-refractivity contribution in [2.24, 2.45) is 5.92 Å². The van der Waals surface area contributed by atoms with Crippen molar-refractivity contribution in [1.82, 2.24) is 20.2 Å². The van der Waals surface area contributed by atoms with Gasteiger partial charge in [0, 0.05) is 17.3 Å². The smallest absolute Gasteiger partial charge is 0.229 e. The molecular weight excluding hydrogens is 440 g/mol. The molecule has 2 heterocycles. The topological polar surface area (TPSA) is 122 Å². The van der Waals surface area contributed by atoms with E-state index in [0.29, 0.717) is 23.2 Å². The number of hydrogen-bond donors (Lipinski definition) is 3. The van der Waals surface area contributed by atoms with Crippen LogP contribution < -0.4 is 15.4 Å². The number of sulfone groups is 1. The Morgan fingerprint density at radius 2 is 1.91 bits per heavy atom. The molecule has 2 aromatic heterocycles. The number of methoxy groups -OCH3 is 1. The van der Waals surface area contributed by atoms with Crippen molar-refractivity contribution in [3.63, 3.8) is 0 Å². The number of nitrogens with one attached hydrogen (secondary N) is 3. The van der Waals surface area contributed by atoms with Gasteiger partial charge in [-0.05, 0) is 55.3 Å². The number of ether oxygens (including phenoxy) is 1. The quantitative estimate of drug-likeness (QED) is 0.345. The number of H-pyrrole nitrogens is 1. The highest BCUT2D eigenvalue weighted by atomic mass is 32.2. The molecule has 0 fully saturated rings. The van der Waals surface area contributed by atoms with E-state index in [1.165, 1.54) is 7.11 Å². The minimum atomic E-state index is -3.42. The summed E-state index contributed by atoms with van der Waals surface area (Å²) in [5.74, 6) is 1.44. The number of aryl methyl sites for hydroxylation is 1.